The molecule has 0 atom stereocenters. The number of benzene rings is 1. The van der Waals surface area contributed by atoms with Crippen LogP contribution in [0.1, 0.15) is 11.3 Å². The standard InChI is InChI=1S/C13H10ClN3O/c1-8-5-6-9(7-15)13(17-8)18-12-10(14)3-2-4-11(12)16/h2-6H,16H2,1H3. The van der Waals surface area contributed by atoms with Gasteiger partial charge in [-0.25, -0.2) is 4.98 Å². The summed E-state index contributed by atoms with van der Waals surface area (Å²) in [5, 5.41) is 9.37. The third-order valence-electron chi connectivity index (χ3n) is 2.32. The van der Waals surface area contributed by atoms with Gasteiger partial charge in [-0.15, -0.1) is 0 Å². The van der Waals surface area contributed by atoms with Crippen LogP contribution in [-0.4, -0.2) is 4.98 Å². The van der Waals surface area contributed by atoms with E-state index in [1.54, 1.807) is 30.3 Å². The summed E-state index contributed by atoms with van der Waals surface area (Å²) in [5.74, 6) is 0.520. The van der Waals surface area contributed by atoms with E-state index in [2.05, 4.69) is 4.98 Å². The van der Waals surface area contributed by atoms with Crippen LogP contribution in [0.5, 0.6) is 11.6 Å². The fraction of sp³-hybridized carbons (Fsp3) is 0.0769. The largest absolute Gasteiger partial charge is 0.434 e. The molecule has 0 aliphatic carbocycles. The van der Waals surface area contributed by atoms with Gasteiger partial charge < -0.3 is 10.5 Å². The molecule has 0 aliphatic rings. The normalized spacial score (nSPS) is 9.83. The zero-order valence-electron chi connectivity index (χ0n) is 9.64. The summed E-state index contributed by atoms with van der Waals surface area (Å²) in [6, 6.07) is 10.4. The van der Waals surface area contributed by atoms with E-state index in [1.807, 2.05) is 13.0 Å². The maximum absolute atomic E-state index is 8.99. The van der Waals surface area contributed by atoms with Gasteiger partial charge in [-0.1, -0.05) is 17.7 Å². The van der Waals surface area contributed by atoms with Crippen LogP contribution in [0.3, 0.4) is 0 Å². The Hall–Kier alpha value is -2.25. The zero-order valence-corrected chi connectivity index (χ0v) is 10.4. The number of ether oxygens (including phenoxy) is 1. The highest BCUT2D eigenvalue weighted by molar-refractivity contribution is 6.32. The Kier molecular flexibility index (Phi) is 3.35. The first kappa shape index (κ1) is 12.2. The van der Waals surface area contributed by atoms with Gasteiger partial charge in [-0.2, -0.15) is 5.26 Å². The number of aromatic nitrogens is 1. The summed E-state index contributed by atoms with van der Waals surface area (Å²) in [4.78, 5) is 4.16. The minimum absolute atomic E-state index is 0.206. The maximum Gasteiger partial charge on any atom is 0.237 e. The smallest absolute Gasteiger partial charge is 0.237 e. The van der Waals surface area contributed by atoms with E-state index in [9.17, 15) is 0 Å². The van der Waals surface area contributed by atoms with Gasteiger partial charge in [0.25, 0.3) is 0 Å². The third kappa shape index (κ3) is 2.36. The molecule has 0 amide bonds. The number of nitriles is 1. The van der Waals surface area contributed by atoms with Gasteiger partial charge in [-0.05, 0) is 31.2 Å². The second kappa shape index (κ2) is 4.94. The van der Waals surface area contributed by atoms with Gasteiger partial charge in [0, 0.05) is 5.69 Å². The predicted molar refractivity (Wildman–Crippen MR) is 69.6 cm³/mol. The van der Waals surface area contributed by atoms with Crippen molar-refractivity contribution < 1.29 is 4.74 Å². The van der Waals surface area contributed by atoms with Crippen molar-refractivity contribution in [2.45, 2.75) is 6.92 Å². The number of halogens is 1. The molecule has 0 saturated carbocycles. The van der Waals surface area contributed by atoms with E-state index >= 15 is 0 Å². The second-order valence-corrected chi connectivity index (χ2v) is 4.08. The molecular formula is C13H10ClN3O. The molecule has 0 unspecified atom stereocenters. The highest BCUT2D eigenvalue weighted by Crippen LogP contribution is 2.34. The van der Waals surface area contributed by atoms with Gasteiger partial charge in [0.05, 0.1) is 10.7 Å². The summed E-state index contributed by atoms with van der Waals surface area (Å²) in [6.45, 7) is 1.81. The molecule has 90 valence electrons. The van der Waals surface area contributed by atoms with Gasteiger partial charge in [-0.3, -0.25) is 0 Å². The summed E-state index contributed by atoms with van der Waals surface area (Å²) < 4.78 is 5.55. The molecule has 18 heavy (non-hydrogen) atoms. The molecule has 2 N–H and O–H groups in total. The zero-order chi connectivity index (χ0) is 13.1. The third-order valence-corrected chi connectivity index (χ3v) is 2.61. The quantitative estimate of drug-likeness (QED) is 0.840. The molecule has 0 radical (unpaired) electrons. The average Bonchev–Trinajstić information content (AvgIpc) is 2.34. The SMILES string of the molecule is Cc1ccc(C#N)c(Oc2c(N)cccc2Cl)n1. The van der Waals surface area contributed by atoms with Crippen molar-refractivity contribution in [3.05, 3.63) is 46.6 Å². The van der Waals surface area contributed by atoms with Crippen molar-refractivity contribution in [2.75, 3.05) is 5.73 Å². The van der Waals surface area contributed by atoms with E-state index in [0.29, 0.717) is 22.0 Å². The van der Waals surface area contributed by atoms with Crippen LogP contribution in [0.15, 0.2) is 30.3 Å². The molecule has 4 nitrogen and oxygen atoms in total. The second-order valence-electron chi connectivity index (χ2n) is 3.68. The Morgan fingerprint density at radius 2 is 2.11 bits per heavy atom. The van der Waals surface area contributed by atoms with Crippen LogP contribution in [0.25, 0.3) is 0 Å². The highest BCUT2D eigenvalue weighted by atomic mass is 35.5. The maximum atomic E-state index is 8.99. The molecule has 1 heterocycles. The highest BCUT2D eigenvalue weighted by Gasteiger charge is 2.11. The number of nitrogens with zero attached hydrogens (tertiary/aromatic N) is 2. The number of pyridine rings is 1. The Balaban J connectivity index is 2.46. The van der Waals surface area contributed by atoms with Crippen molar-refractivity contribution >= 4 is 17.3 Å². The van der Waals surface area contributed by atoms with Gasteiger partial charge in [0.2, 0.25) is 5.88 Å². The van der Waals surface area contributed by atoms with Crippen molar-refractivity contribution in [1.29, 1.82) is 5.26 Å². The average molecular weight is 260 g/mol. The molecule has 0 aliphatic heterocycles. The lowest BCUT2D eigenvalue weighted by molar-refractivity contribution is 0.462. The Morgan fingerprint density at radius 1 is 1.33 bits per heavy atom. The lowest BCUT2D eigenvalue weighted by Gasteiger charge is -2.10. The predicted octanol–water partition coefficient (Wildman–Crippen LogP) is 3.29. The minimum Gasteiger partial charge on any atom is -0.434 e. The number of nitrogens with two attached hydrogens (primary N) is 1. The number of hydrogen-bond donors (Lipinski definition) is 1. The van der Waals surface area contributed by atoms with Crippen molar-refractivity contribution in [3.8, 4) is 17.7 Å². The van der Waals surface area contributed by atoms with Gasteiger partial charge >= 0.3 is 0 Å². The molecule has 0 spiro atoms. The van der Waals surface area contributed by atoms with Crippen molar-refractivity contribution in [2.24, 2.45) is 0 Å². The van der Waals surface area contributed by atoms with Gasteiger partial charge in [0.15, 0.2) is 5.75 Å². The van der Waals surface area contributed by atoms with Crippen molar-refractivity contribution in [1.82, 2.24) is 4.98 Å². The van der Waals surface area contributed by atoms with Crippen LogP contribution in [0, 0.1) is 18.3 Å². The number of hydrogen-bond acceptors (Lipinski definition) is 4. The number of para-hydroxylation sites is 1. The Labute approximate surface area is 110 Å². The monoisotopic (exact) mass is 259 g/mol. The lowest BCUT2D eigenvalue weighted by atomic mass is 10.2. The molecule has 1 aromatic heterocycles. The first-order chi connectivity index (χ1) is 8.61. The lowest BCUT2D eigenvalue weighted by Crippen LogP contribution is -1.97. The molecule has 1 aromatic carbocycles. The number of aryl methyl sites for hydroxylation is 1. The van der Waals surface area contributed by atoms with E-state index in [0.717, 1.165) is 5.69 Å². The van der Waals surface area contributed by atoms with Crippen LogP contribution in [0.4, 0.5) is 5.69 Å². The fourth-order valence-corrected chi connectivity index (χ4v) is 1.65. The van der Waals surface area contributed by atoms with Crippen LogP contribution < -0.4 is 10.5 Å². The summed E-state index contributed by atoms with van der Waals surface area (Å²) in [6.07, 6.45) is 0. The van der Waals surface area contributed by atoms with Crippen molar-refractivity contribution in [3.63, 3.8) is 0 Å². The minimum atomic E-state index is 0.206. The van der Waals surface area contributed by atoms with E-state index in [4.69, 9.17) is 27.3 Å². The molecule has 2 rings (SSSR count). The Morgan fingerprint density at radius 3 is 2.78 bits per heavy atom. The number of anilines is 1. The van der Waals surface area contributed by atoms with E-state index in [1.165, 1.54) is 0 Å². The topological polar surface area (TPSA) is 71.9 Å². The van der Waals surface area contributed by atoms with E-state index in [-0.39, 0.29) is 5.88 Å². The number of rotatable bonds is 2. The van der Waals surface area contributed by atoms with E-state index < -0.39 is 0 Å². The summed E-state index contributed by atoms with van der Waals surface area (Å²) in [5.41, 5.74) is 7.25. The fourth-order valence-electron chi connectivity index (χ4n) is 1.43. The summed E-state index contributed by atoms with van der Waals surface area (Å²) >= 11 is 6.00. The summed E-state index contributed by atoms with van der Waals surface area (Å²) in [7, 11) is 0. The number of nitrogen functional groups attached to an aromatic ring is 1. The molecule has 0 fully saturated rings. The first-order valence-electron chi connectivity index (χ1n) is 5.21. The van der Waals surface area contributed by atoms with Crippen LogP contribution in [-0.2, 0) is 0 Å². The molecule has 5 heteroatoms. The van der Waals surface area contributed by atoms with Crippen LogP contribution in [0.2, 0.25) is 5.02 Å². The Bertz CT molecular complexity index is 614. The van der Waals surface area contributed by atoms with Gasteiger partial charge in [0.1, 0.15) is 11.6 Å². The molecular weight excluding hydrogens is 250 g/mol. The molecule has 0 saturated heterocycles. The first-order valence-corrected chi connectivity index (χ1v) is 5.59. The molecule has 0 bridgehead atoms. The van der Waals surface area contributed by atoms with Crippen LogP contribution >= 0.6 is 11.6 Å². The molecule has 2 aromatic rings.